The lowest BCUT2D eigenvalue weighted by Gasteiger charge is -2.09. The highest BCUT2D eigenvalue weighted by atomic mass is 32.2. The molecule has 0 atom stereocenters. The summed E-state index contributed by atoms with van der Waals surface area (Å²) in [6.07, 6.45) is 3.81. The Bertz CT molecular complexity index is 535. The molecule has 0 aromatic carbocycles. The number of aromatic nitrogens is 4. The quantitative estimate of drug-likeness (QED) is 0.843. The van der Waals surface area contributed by atoms with Crippen LogP contribution in [0.4, 0.5) is 5.82 Å². The summed E-state index contributed by atoms with van der Waals surface area (Å²) < 4.78 is 1.78. The van der Waals surface area contributed by atoms with Crippen LogP contribution in [0.5, 0.6) is 0 Å². The van der Waals surface area contributed by atoms with Crippen molar-refractivity contribution in [1.29, 1.82) is 0 Å². The van der Waals surface area contributed by atoms with E-state index in [4.69, 9.17) is 0 Å². The van der Waals surface area contributed by atoms with Crippen LogP contribution >= 0.6 is 11.8 Å². The lowest BCUT2D eigenvalue weighted by molar-refractivity contribution is 0.766. The van der Waals surface area contributed by atoms with E-state index in [-0.39, 0.29) is 0 Å². The summed E-state index contributed by atoms with van der Waals surface area (Å²) >= 11 is 1.60. The van der Waals surface area contributed by atoms with Crippen molar-refractivity contribution in [3.05, 3.63) is 23.8 Å². The molecular weight excluding hydrogens is 234 g/mol. The van der Waals surface area contributed by atoms with Gasteiger partial charge in [-0.25, -0.2) is 9.97 Å². The monoisotopic (exact) mass is 249 g/mol. The minimum Gasteiger partial charge on any atom is -0.373 e. The van der Waals surface area contributed by atoms with Gasteiger partial charge in [-0.15, -0.1) is 0 Å². The molecule has 0 unspecified atom stereocenters. The first kappa shape index (κ1) is 11.9. The smallest absolute Gasteiger partial charge is 0.133 e. The van der Waals surface area contributed by atoms with E-state index in [9.17, 15) is 0 Å². The first-order chi connectivity index (χ1) is 8.10. The van der Waals surface area contributed by atoms with Crippen molar-refractivity contribution in [2.75, 3.05) is 12.4 Å². The lowest BCUT2D eigenvalue weighted by Crippen LogP contribution is -2.01. The summed E-state index contributed by atoms with van der Waals surface area (Å²) in [7, 11) is 3.77. The molecule has 0 spiro atoms. The molecule has 0 radical (unpaired) electrons. The maximum absolute atomic E-state index is 4.46. The molecule has 0 saturated heterocycles. The predicted octanol–water partition coefficient (Wildman–Crippen LogP) is 2.02. The molecule has 2 heterocycles. The molecule has 0 saturated carbocycles. The fourth-order valence-corrected chi connectivity index (χ4v) is 2.46. The van der Waals surface area contributed by atoms with Gasteiger partial charge in [0.2, 0.25) is 0 Å². The highest BCUT2D eigenvalue weighted by Gasteiger charge is 2.10. The van der Waals surface area contributed by atoms with Crippen molar-refractivity contribution < 1.29 is 0 Å². The number of nitrogens with one attached hydrogen (secondary N) is 1. The minimum atomic E-state index is 0.770. The van der Waals surface area contributed by atoms with Gasteiger partial charge >= 0.3 is 0 Å². The van der Waals surface area contributed by atoms with E-state index in [0.29, 0.717) is 0 Å². The third kappa shape index (κ3) is 2.58. The van der Waals surface area contributed by atoms with Crippen molar-refractivity contribution in [3.63, 3.8) is 0 Å². The van der Waals surface area contributed by atoms with E-state index in [1.165, 1.54) is 0 Å². The Kier molecular flexibility index (Phi) is 3.33. The van der Waals surface area contributed by atoms with Gasteiger partial charge < -0.3 is 5.32 Å². The highest BCUT2D eigenvalue weighted by molar-refractivity contribution is 7.99. The molecule has 1 N–H and O–H groups in total. The zero-order chi connectivity index (χ0) is 12.4. The summed E-state index contributed by atoms with van der Waals surface area (Å²) in [6, 6.07) is 0. The van der Waals surface area contributed by atoms with Crippen LogP contribution < -0.4 is 5.32 Å². The van der Waals surface area contributed by atoms with Gasteiger partial charge in [-0.2, -0.15) is 5.10 Å². The first-order valence-corrected chi connectivity index (χ1v) is 6.11. The standard InChI is InChI=1S/C11H15N5S/c1-7-10(12-3)14-8(2)15-11(7)17-9-5-13-16(4)6-9/h5-6H,1-4H3,(H,12,14,15). The molecule has 0 fully saturated rings. The Morgan fingerprint density at radius 3 is 2.65 bits per heavy atom. The van der Waals surface area contributed by atoms with Crippen LogP contribution in [-0.2, 0) is 7.05 Å². The molecular formula is C11H15N5S. The first-order valence-electron chi connectivity index (χ1n) is 5.29. The van der Waals surface area contributed by atoms with Gasteiger partial charge in [0.1, 0.15) is 16.7 Å². The molecule has 2 rings (SSSR count). The van der Waals surface area contributed by atoms with Crippen molar-refractivity contribution in [1.82, 2.24) is 19.7 Å². The number of hydrogen-bond donors (Lipinski definition) is 1. The van der Waals surface area contributed by atoms with Gasteiger partial charge in [0.05, 0.1) is 11.1 Å². The Balaban J connectivity index is 2.35. The summed E-state index contributed by atoms with van der Waals surface area (Å²) in [4.78, 5) is 9.88. The second kappa shape index (κ2) is 4.75. The second-order valence-electron chi connectivity index (χ2n) is 3.75. The van der Waals surface area contributed by atoms with E-state index in [0.717, 1.165) is 27.1 Å². The number of rotatable bonds is 3. The molecule has 2 aromatic heterocycles. The molecule has 0 amide bonds. The van der Waals surface area contributed by atoms with Gasteiger partial charge in [0, 0.05) is 25.9 Å². The summed E-state index contributed by atoms with van der Waals surface area (Å²) in [6.45, 7) is 3.91. The minimum absolute atomic E-state index is 0.770. The van der Waals surface area contributed by atoms with Gasteiger partial charge in [0.15, 0.2) is 0 Å². The van der Waals surface area contributed by atoms with E-state index in [2.05, 4.69) is 20.4 Å². The third-order valence-electron chi connectivity index (χ3n) is 2.35. The maximum atomic E-state index is 4.46. The van der Waals surface area contributed by atoms with Gasteiger partial charge in [-0.3, -0.25) is 4.68 Å². The topological polar surface area (TPSA) is 55.6 Å². The average Bonchev–Trinajstić information content (AvgIpc) is 2.69. The maximum Gasteiger partial charge on any atom is 0.133 e. The van der Waals surface area contributed by atoms with Crippen LogP contribution in [0.3, 0.4) is 0 Å². The van der Waals surface area contributed by atoms with Crippen molar-refractivity contribution in [3.8, 4) is 0 Å². The highest BCUT2D eigenvalue weighted by Crippen LogP contribution is 2.30. The van der Waals surface area contributed by atoms with Crippen LogP contribution in [0, 0.1) is 13.8 Å². The predicted molar refractivity (Wildman–Crippen MR) is 68.4 cm³/mol. The average molecular weight is 249 g/mol. The summed E-state index contributed by atoms with van der Waals surface area (Å²) in [5.41, 5.74) is 1.06. The zero-order valence-corrected chi connectivity index (χ0v) is 11.2. The Morgan fingerprint density at radius 2 is 2.06 bits per heavy atom. The van der Waals surface area contributed by atoms with Crippen molar-refractivity contribution in [2.24, 2.45) is 7.05 Å². The fraction of sp³-hybridized carbons (Fsp3) is 0.364. The van der Waals surface area contributed by atoms with Crippen LogP contribution in [0.1, 0.15) is 11.4 Å². The lowest BCUT2D eigenvalue weighted by atomic mass is 10.3. The summed E-state index contributed by atoms with van der Waals surface area (Å²) in [5.74, 6) is 1.65. The second-order valence-corrected chi connectivity index (χ2v) is 4.81. The molecule has 0 aliphatic carbocycles. The number of nitrogens with zero attached hydrogens (tertiary/aromatic N) is 4. The van der Waals surface area contributed by atoms with Gasteiger partial charge in [-0.05, 0) is 13.8 Å². The largest absolute Gasteiger partial charge is 0.373 e. The molecule has 17 heavy (non-hydrogen) atoms. The molecule has 5 nitrogen and oxygen atoms in total. The molecule has 0 aliphatic heterocycles. The molecule has 0 bridgehead atoms. The van der Waals surface area contributed by atoms with E-state index in [1.54, 1.807) is 16.4 Å². The van der Waals surface area contributed by atoms with E-state index in [1.807, 2.05) is 40.3 Å². The van der Waals surface area contributed by atoms with E-state index < -0.39 is 0 Å². The Morgan fingerprint density at radius 1 is 1.29 bits per heavy atom. The Hall–Kier alpha value is -1.56. The van der Waals surface area contributed by atoms with Gasteiger partial charge in [0.25, 0.3) is 0 Å². The number of aryl methyl sites for hydroxylation is 2. The van der Waals surface area contributed by atoms with Crippen molar-refractivity contribution in [2.45, 2.75) is 23.8 Å². The van der Waals surface area contributed by atoms with Crippen LogP contribution in [-0.4, -0.2) is 26.8 Å². The normalized spacial score (nSPS) is 10.6. The zero-order valence-electron chi connectivity index (χ0n) is 10.4. The fourth-order valence-electron chi connectivity index (χ4n) is 1.51. The third-order valence-corrected chi connectivity index (χ3v) is 3.38. The van der Waals surface area contributed by atoms with Crippen LogP contribution in [0.2, 0.25) is 0 Å². The molecule has 90 valence electrons. The SMILES string of the molecule is CNc1nc(C)nc(Sc2cnn(C)c2)c1C. The number of hydrogen-bond acceptors (Lipinski definition) is 5. The van der Waals surface area contributed by atoms with Crippen molar-refractivity contribution >= 4 is 17.6 Å². The van der Waals surface area contributed by atoms with Crippen LogP contribution in [0.15, 0.2) is 22.3 Å². The van der Waals surface area contributed by atoms with Crippen LogP contribution in [0.25, 0.3) is 0 Å². The molecule has 2 aromatic rings. The summed E-state index contributed by atoms with van der Waals surface area (Å²) in [5, 5.41) is 8.19. The Labute approximate surface area is 105 Å². The van der Waals surface area contributed by atoms with E-state index >= 15 is 0 Å². The molecule has 0 aliphatic rings. The molecule has 6 heteroatoms. The number of anilines is 1. The van der Waals surface area contributed by atoms with Gasteiger partial charge in [-0.1, -0.05) is 11.8 Å².